The third-order valence-corrected chi connectivity index (χ3v) is 4.28. The van der Waals surface area contributed by atoms with Crippen LogP contribution in [0.15, 0.2) is 18.5 Å². The van der Waals surface area contributed by atoms with Gasteiger partial charge in [-0.05, 0) is 25.5 Å². The predicted molar refractivity (Wildman–Crippen MR) is 63.5 cm³/mol. The van der Waals surface area contributed by atoms with Gasteiger partial charge in [0.1, 0.15) is 0 Å². The van der Waals surface area contributed by atoms with Crippen molar-refractivity contribution >= 4 is 33.5 Å². The number of hydrogen-bond donors (Lipinski definition) is 2. The molecule has 5 heteroatoms. The molecule has 0 aliphatic rings. The second-order valence-electron chi connectivity index (χ2n) is 3.63. The van der Waals surface area contributed by atoms with Gasteiger partial charge in [0.2, 0.25) is 0 Å². The molecule has 0 amide bonds. The van der Waals surface area contributed by atoms with Crippen LogP contribution in [-0.2, 0) is 4.75 Å². The number of nitrogens with zero attached hydrogens (tertiary/aromatic N) is 2. The van der Waals surface area contributed by atoms with E-state index >= 15 is 0 Å². The summed E-state index contributed by atoms with van der Waals surface area (Å²) in [5, 5.41) is 7.81. The highest BCUT2D eigenvalue weighted by Crippen LogP contribution is 2.38. The number of pyridine rings is 1. The van der Waals surface area contributed by atoms with Crippen molar-refractivity contribution < 1.29 is 0 Å². The third kappa shape index (κ3) is 1.62. The molecular weight excluding hydrogens is 214 g/mol. The number of rotatable bonds is 2. The summed E-state index contributed by atoms with van der Waals surface area (Å²) in [5.74, 6) is 0. The summed E-state index contributed by atoms with van der Waals surface area (Å²) in [6, 6.07) is 2.09. The van der Waals surface area contributed by atoms with Crippen LogP contribution in [0.3, 0.4) is 0 Å². The highest BCUT2D eigenvalue weighted by Gasteiger charge is 2.20. The van der Waals surface area contributed by atoms with E-state index in [4.69, 9.17) is 0 Å². The SMILES string of the molecule is CC(C)(SS)c1cnc2[nH]ncc2c1. The first-order valence-corrected chi connectivity index (χ1v) is 6.12. The van der Waals surface area contributed by atoms with Crippen molar-refractivity contribution in [2.24, 2.45) is 0 Å². The Hall–Kier alpha value is -0.680. The first-order valence-electron chi connectivity index (χ1n) is 4.26. The standard InChI is InChI=1S/C9H11N3S2/c1-9(2,14-13)7-3-6-4-11-12-8(6)10-5-7/h3-5,13H,1-2H3,(H,10,11,12). The molecule has 74 valence electrons. The third-order valence-electron chi connectivity index (χ3n) is 2.21. The fraction of sp³-hybridized carbons (Fsp3) is 0.333. The Kier molecular flexibility index (Phi) is 2.45. The fourth-order valence-electron chi connectivity index (χ4n) is 1.22. The van der Waals surface area contributed by atoms with Crippen LogP contribution in [-0.4, -0.2) is 15.2 Å². The molecule has 0 aliphatic heterocycles. The molecule has 0 aromatic carbocycles. The first kappa shape index (κ1) is 9.86. The lowest BCUT2D eigenvalue weighted by atomic mass is 10.0. The normalized spacial score (nSPS) is 12.2. The lowest BCUT2D eigenvalue weighted by Crippen LogP contribution is -2.09. The molecule has 0 fully saturated rings. The van der Waals surface area contributed by atoms with Gasteiger partial charge in [-0.2, -0.15) is 5.10 Å². The average Bonchev–Trinajstić information content (AvgIpc) is 2.64. The van der Waals surface area contributed by atoms with Gasteiger partial charge in [-0.15, -0.1) is 11.7 Å². The van der Waals surface area contributed by atoms with Gasteiger partial charge in [-0.1, -0.05) is 10.8 Å². The number of nitrogens with one attached hydrogen (secondary N) is 1. The van der Waals surface area contributed by atoms with Crippen molar-refractivity contribution in [2.75, 3.05) is 0 Å². The summed E-state index contributed by atoms with van der Waals surface area (Å²) < 4.78 is -0.0262. The van der Waals surface area contributed by atoms with Crippen molar-refractivity contribution in [3.63, 3.8) is 0 Å². The van der Waals surface area contributed by atoms with Crippen LogP contribution >= 0.6 is 22.5 Å². The number of aromatic nitrogens is 3. The summed E-state index contributed by atoms with van der Waals surface area (Å²) in [6.07, 6.45) is 3.65. The van der Waals surface area contributed by atoms with E-state index in [0.29, 0.717) is 0 Å². The molecule has 3 nitrogen and oxygen atoms in total. The minimum Gasteiger partial charge on any atom is -0.261 e. The number of aromatic amines is 1. The predicted octanol–water partition coefficient (Wildman–Crippen LogP) is 2.77. The van der Waals surface area contributed by atoms with E-state index in [9.17, 15) is 0 Å². The molecule has 0 aliphatic carbocycles. The smallest absolute Gasteiger partial charge is 0.155 e. The van der Waals surface area contributed by atoms with Gasteiger partial charge in [-0.25, -0.2) is 4.98 Å². The van der Waals surface area contributed by atoms with E-state index in [2.05, 4.69) is 46.8 Å². The van der Waals surface area contributed by atoms with Crippen molar-refractivity contribution in [1.82, 2.24) is 15.2 Å². The summed E-state index contributed by atoms with van der Waals surface area (Å²) in [7, 11) is 1.52. The summed E-state index contributed by atoms with van der Waals surface area (Å²) in [4.78, 5) is 4.29. The van der Waals surface area contributed by atoms with Crippen molar-refractivity contribution in [1.29, 1.82) is 0 Å². The van der Waals surface area contributed by atoms with Crippen molar-refractivity contribution in [3.8, 4) is 0 Å². The highest BCUT2D eigenvalue weighted by atomic mass is 33.1. The highest BCUT2D eigenvalue weighted by molar-refractivity contribution is 8.68. The molecule has 2 heterocycles. The molecule has 0 spiro atoms. The second kappa shape index (κ2) is 3.47. The lowest BCUT2D eigenvalue weighted by molar-refractivity contribution is 0.786. The van der Waals surface area contributed by atoms with Crippen molar-refractivity contribution in [3.05, 3.63) is 24.0 Å². The van der Waals surface area contributed by atoms with Gasteiger partial charge in [-0.3, -0.25) is 5.10 Å². The molecule has 0 atom stereocenters. The molecule has 14 heavy (non-hydrogen) atoms. The van der Waals surface area contributed by atoms with Crippen LogP contribution in [0.2, 0.25) is 0 Å². The van der Waals surface area contributed by atoms with Crippen molar-refractivity contribution in [2.45, 2.75) is 18.6 Å². The summed E-state index contributed by atoms with van der Waals surface area (Å²) in [5.41, 5.74) is 1.99. The second-order valence-corrected chi connectivity index (χ2v) is 5.38. The quantitative estimate of drug-likeness (QED) is 0.610. The molecule has 2 aromatic rings. The number of hydrogen-bond acceptors (Lipinski definition) is 4. The molecular formula is C9H11N3S2. The van der Waals surface area contributed by atoms with Crippen LogP contribution in [0.1, 0.15) is 19.4 Å². The Bertz CT molecular complexity index is 450. The Morgan fingerprint density at radius 2 is 2.21 bits per heavy atom. The summed E-state index contributed by atoms with van der Waals surface area (Å²) >= 11 is 4.26. The minimum atomic E-state index is -0.0262. The van der Waals surface area contributed by atoms with E-state index in [1.54, 1.807) is 6.20 Å². The van der Waals surface area contributed by atoms with E-state index in [1.165, 1.54) is 10.8 Å². The van der Waals surface area contributed by atoms with Gasteiger partial charge in [0.25, 0.3) is 0 Å². The van der Waals surface area contributed by atoms with Crippen LogP contribution in [0.5, 0.6) is 0 Å². The number of thiol groups is 1. The maximum Gasteiger partial charge on any atom is 0.155 e. The molecule has 1 N–H and O–H groups in total. The van der Waals surface area contributed by atoms with E-state index < -0.39 is 0 Å². The van der Waals surface area contributed by atoms with E-state index in [1.807, 2.05) is 6.20 Å². The molecule has 0 bridgehead atoms. The minimum absolute atomic E-state index is 0.0262. The number of H-pyrrole nitrogens is 1. The van der Waals surface area contributed by atoms with Gasteiger partial charge < -0.3 is 0 Å². The molecule has 0 saturated heterocycles. The van der Waals surface area contributed by atoms with Crippen LogP contribution < -0.4 is 0 Å². The van der Waals surface area contributed by atoms with E-state index in [0.717, 1.165) is 16.6 Å². The topological polar surface area (TPSA) is 41.6 Å². The maximum absolute atomic E-state index is 4.29. The molecule has 2 aromatic heterocycles. The van der Waals surface area contributed by atoms with Gasteiger partial charge in [0.15, 0.2) is 5.65 Å². The van der Waals surface area contributed by atoms with Gasteiger partial charge >= 0.3 is 0 Å². The van der Waals surface area contributed by atoms with Crippen LogP contribution in [0.4, 0.5) is 0 Å². The number of fused-ring (bicyclic) bond motifs is 1. The Morgan fingerprint density at radius 1 is 1.43 bits per heavy atom. The van der Waals surface area contributed by atoms with Crippen LogP contribution in [0.25, 0.3) is 11.0 Å². The Labute approximate surface area is 91.5 Å². The van der Waals surface area contributed by atoms with Crippen LogP contribution in [0, 0.1) is 0 Å². The lowest BCUT2D eigenvalue weighted by Gasteiger charge is -2.20. The largest absolute Gasteiger partial charge is 0.261 e. The Morgan fingerprint density at radius 3 is 2.93 bits per heavy atom. The average molecular weight is 225 g/mol. The maximum atomic E-state index is 4.29. The zero-order chi connectivity index (χ0) is 10.2. The first-order chi connectivity index (χ1) is 6.63. The zero-order valence-corrected chi connectivity index (χ0v) is 9.69. The van der Waals surface area contributed by atoms with Gasteiger partial charge in [0, 0.05) is 16.3 Å². The molecule has 2 rings (SSSR count). The molecule has 0 saturated carbocycles. The van der Waals surface area contributed by atoms with Gasteiger partial charge in [0.05, 0.1) is 6.20 Å². The Balaban J connectivity index is 2.53. The molecule has 0 radical (unpaired) electrons. The zero-order valence-electron chi connectivity index (χ0n) is 7.98. The molecule has 0 unspecified atom stereocenters. The fourth-order valence-corrected chi connectivity index (χ4v) is 1.75. The van der Waals surface area contributed by atoms with E-state index in [-0.39, 0.29) is 4.75 Å². The monoisotopic (exact) mass is 225 g/mol. The summed E-state index contributed by atoms with van der Waals surface area (Å²) in [6.45, 7) is 4.24.